The van der Waals surface area contributed by atoms with Gasteiger partial charge < -0.3 is 5.32 Å². The van der Waals surface area contributed by atoms with Crippen molar-refractivity contribution in [1.29, 1.82) is 0 Å². The molecule has 13 heavy (non-hydrogen) atoms. The summed E-state index contributed by atoms with van der Waals surface area (Å²) in [6, 6.07) is 0. The summed E-state index contributed by atoms with van der Waals surface area (Å²) in [6.07, 6.45) is 2.06. The van der Waals surface area contributed by atoms with Gasteiger partial charge in [-0.1, -0.05) is 13.8 Å². The van der Waals surface area contributed by atoms with Crippen LogP contribution in [0.25, 0.3) is 0 Å². The lowest BCUT2D eigenvalue weighted by atomic mass is 9.93. The van der Waals surface area contributed by atoms with Gasteiger partial charge in [-0.3, -0.25) is 0 Å². The van der Waals surface area contributed by atoms with Crippen LogP contribution in [0.1, 0.15) is 20.3 Å². The van der Waals surface area contributed by atoms with Gasteiger partial charge >= 0.3 is 0 Å². The molecule has 0 saturated heterocycles. The van der Waals surface area contributed by atoms with Crippen LogP contribution in [0.5, 0.6) is 0 Å². The van der Waals surface area contributed by atoms with Crippen molar-refractivity contribution in [2.75, 3.05) is 25.6 Å². The largest absolute Gasteiger partial charge is 0.319 e. The summed E-state index contributed by atoms with van der Waals surface area (Å²) in [4.78, 5) is 0. The van der Waals surface area contributed by atoms with Crippen LogP contribution in [0, 0.1) is 11.8 Å². The lowest BCUT2D eigenvalue weighted by Crippen LogP contribution is -2.25. The third-order valence-electron chi connectivity index (χ3n) is 2.27. The van der Waals surface area contributed by atoms with E-state index in [1.54, 1.807) is 0 Å². The van der Waals surface area contributed by atoms with Gasteiger partial charge in [0.15, 0.2) is 0 Å². The maximum absolute atomic E-state index is 10.9. The highest BCUT2D eigenvalue weighted by Crippen LogP contribution is 2.14. The van der Waals surface area contributed by atoms with Gasteiger partial charge in [0.1, 0.15) is 9.84 Å². The Morgan fingerprint density at radius 2 is 1.85 bits per heavy atom. The van der Waals surface area contributed by atoms with Crippen LogP contribution in [0.15, 0.2) is 0 Å². The van der Waals surface area contributed by atoms with Gasteiger partial charge in [-0.25, -0.2) is 8.42 Å². The van der Waals surface area contributed by atoms with E-state index in [4.69, 9.17) is 0 Å². The second kappa shape index (κ2) is 5.60. The van der Waals surface area contributed by atoms with Gasteiger partial charge in [-0.15, -0.1) is 0 Å². The van der Waals surface area contributed by atoms with Crippen LogP contribution < -0.4 is 5.32 Å². The lowest BCUT2D eigenvalue weighted by Gasteiger charge is -2.19. The molecule has 0 rings (SSSR count). The van der Waals surface area contributed by atoms with Crippen LogP contribution in [0.2, 0.25) is 0 Å². The summed E-state index contributed by atoms with van der Waals surface area (Å²) in [5.74, 6) is 1.30. The van der Waals surface area contributed by atoms with Crippen molar-refractivity contribution in [3.63, 3.8) is 0 Å². The molecule has 0 heterocycles. The van der Waals surface area contributed by atoms with Crippen molar-refractivity contribution in [3.05, 3.63) is 0 Å². The molecule has 1 atom stereocenters. The van der Waals surface area contributed by atoms with Crippen molar-refractivity contribution >= 4 is 9.84 Å². The smallest absolute Gasteiger partial charge is 0.147 e. The lowest BCUT2D eigenvalue weighted by molar-refractivity contribution is 0.362. The molecule has 0 bridgehead atoms. The maximum Gasteiger partial charge on any atom is 0.147 e. The third-order valence-corrected chi connectivity index (χ3v) is 3.25. The predicted molar refractivity (Wildman–Crippen MR) is 56.6 cm³/mol. The van der Waals surface area contributed by atoms with E-state index in [9.17, 15) is 8.42 Å². The minimum atomic E-state index is -2.80. The molecule has 0 saturated carbocycles. The fourth-order valence-electron chi connectivity index (χ4n) is 1.30. The normalized spacial score (nSPS) is 14.8. The molecule has 0 fully saturated rings. The highest BCUT2D eigenvalue weighted by Gasteiger charge is 2.14. The minimum Gasteiger partial charge on any atom is -0.319 e. The van der Waals surface area contributed by atoms with E-state index in [2.05, 4.69) is 19.2 Å². The Labute approximate surface area is 81.8 Å². The Balaban J connectivity index is 3.97. The highest BCUT2D eigenvalue weighted by atomic mass is 32.2. The topological polar surface area (TPSA) is 46.2 Å². The van der Waals surface area contributed by atoms with Gasteiger partial charge in [0.05, 0.1) is 5.75 Å². The molecule has 0 aliphatic heterocycles. The van der Waals surface area contributed by atoms with Crippen molar-refractivity contribution in [3.8, 4) is 0 Å². The summed E-state index contributed by atoms with van der Waals surface area (Å²) in [6.45, 7) is 5.15. The summed E-state index contributed by atoms with van der Waals surface area (Å²) < 4.78 is 21.9. The molecular weight excluding hydrogens is 186 g/mol. The summed E-state index contributed by atoms with van der Waals surface area (Å²) >= 11 is 0. The highest BCUT2D eigenvalue weighted by molar-refractivity contribution is 7.90. The van der Waals surface area contributed by atoms with Crippen LogP contribution in [0.3, 0.4) is 0 Å². The Bertz CT molecular complexity index is 222. The number of rotatable bonds is 6. The second-order valence-corrected chi connectivity index (χ2v) is 6.24. The zero-order valence-electron chi connectivity index (χ0n) is 9.00. The van der Waals surface area contributed by atoms with E-state index < -0.39 is 9.84 Å². The van der Waals surface area contributed by atoms with E-state index in [-0.39, 0.29) is 0 Å². The molecule has 3 nitrogen and oxygen atoms in total. The maximum atomic E-state index is 10.9. The van der Waals surface area contributed by atoms with Gasteiger partial charge in [-0.2, -0.15) is 0 Å². The van der Waals surface area contributed by atoms with Crippen LogP contribution >= 0.6 is 0 Å². The molecule has 4 heteroatoms. The molecule has 0 aromatic carbocycles. The van der Waals surface area contributed by atoms with E-state index in [1.165, 1.54) is 6.26 Å². The quantitative estimate of drug-likeness (QED) is 0.704. The van der Waals surface area contributed by atoms with E-state index >= 15 is 0 Å². The first kappa shape index (κ1) is 12.9. The molecule has 0 aliphatic carbocycles. The average molecular weight is 207 g/mol. The van der Waals surface area contributed by atoms with Crippen molar-refractivity contribution in [2.24, 2.45) is 11.8 Å². The Morgan fingerprint density at radius 1 is 1.31 bits per heavy atom. The molecular formula is C9H21NO2S. The average Bonchev–Trinajstić information content (AvgIpc) is 1.95. The van der Waals surface area contributed by atoms with Crippen molar-refractivity contribution in [2.45, 2.75) is 20.3 Å². The van der Waals surface area contributed by atoms with E-state index in [0.29, 0.717) is 17.6 Å². The van der Waals surface area contributed by atoms with Crippen molar-refractivity contribution in [1.82, 2.24) is 5.32 Å². The first-order valence-electron chi connectivity index (χ1n) is 4.69. The molecule has 0 aliphatic rings. The first-order chi connectivity index (χ1) is 5.87. The molecule has 0 aromatic rings. The third kappa shape index (κ3) is 7.02. The van der Waals surface area contributed by atoms with Crippen molar-refractivity contribution < 1.29 is 8.42 Å². The Hall–Kier alpha value is -0.0900. The SMILES string of the molecule is CNCC(CCS(C)(=O)=O)C(C)C. The molecule has 1 N–H and O–H groups in total. The monoisotopic (exact) mass is 207 g/mol. The standard InChI is InChI=1S/C9H21NO2S/c1-8(2)9(7-10-3)5-6-13(4,11)12/h8-10H,5-7H2,1-4H3. The van der Waals surface area contributed by atoms with Crippen LogP contribution in [-0.2, 0) is 9.84 Å². The second-order valence-electron chi connectivity index (χ2n) is 3.98. The zero-order chi connectivity index (χ0) is 10.5. The predicted octanol–water partition coefficient (Wildman–Crippen LogP) is 0.913. The van der Waals surface area contributed by atoms with Gasteiger partial charge in [0, 0.05) is 6.26 Å². The molecule has 80 valence electrons. The molecule has 0 aromatic heterocycles. The Morgan fingerprint density at radius 3 is 2.15 bits per heavy atom. The number of sulfone groups is 1. The number of hydrogen-bond acceptors (Lipinski definition) is 3. The van der Waals surface area contributed by atoms with Crippen LogP contribution in [-0.4, -0.2) is 34.0 Å². The fraction of sp³-hybridized carbons (Fsp3) is 1.00. The fourth-order valence-corrected chi connectivity index (χ4v) is 2.03. The van der Waals surface area contributed by atoms with E-state index in [1.807, 2.05) is 7.05 Å². The molecule has 0 amide bonds. The molecule has 0 spiro atoms. The molecule has 1 unspecified atom stereocenters. The zero-order valence-corrected chi connectivity index (χ0v) is 9.82. The van der Waals surface area contributed by atoms with E-state index in [0.717, 1.165) is 13.0 Å². The van der Waals surface area contributed by atoms with Gasteiger partial charge in [0.25, 0.3) is 0 Å². The minimum absolute atomic E-state index is 0.303. The molecule has 0 radical (unpaired) electrons. The summed E-state index contributed by atoms with van der Waals surface area (Å²) in [5.41, 5.74) is 0. The first-order valence-corrected chi connectivity index (χ1v) is 6.75. The number of nitrogens with one attached hydrogen (secondary N) is 1. The summed E-state index contributed by atoms with van der Waals surface area (Å²) in [5, 5.41) is 3.09. The van der Waals surface area contributed by atoms with Gasteiger partial charge in [-0.05, 0) is 31.8 Å². The van der Waals surface area contributed by atoms with Crippen LogP contribution in [0.4, 0.5) is 0 Å². The van der Waals surface area contributed by atoms with Gasteiger partial charge in [0.2, 0.25) is 0 Å². The number of hydrogen-bond donors (Lipinski definition) is 1. The Kier molecular flexibility index (Phi) is 5.56. The summed E-state index contributed by atoms with van der Waals surface area (Å²) in [7, 11) is -0.900.